The summed E-state index contributed by atoms with van der Waals surface area (Å²) in [6.45, 7) is 2.23. The zero-order valence-corrected chi connectivity index (χ0v) is 10.4. The predicted molar refractivity (Wildman–Crippen MR) is 72.8 cm³/mol. The molecule has 1 aliphatic carbocycles. The fourth-order valence-electron chi connectivity index (χ4n) is 1.88. The molecule has 92 valence electrons. The van der Waals surface area contributed by atoms with E-state index in [0.717, 1.165) is 11.1 Å². The van der Waals surface area contributed by atoms with Crippen molar-refractivity contribution in [1.82, 2.24) is 0 Å². The van der Waals surface area contributed by atoms with Crippen LogP contribution in [-0.4, -0.2) is 12.6 Å². The van der Waals surface area contributed by atoms with Crippen molar-refractivity contribution in [1.29, 1.82) is 0 Å². The van der Waals surface area contributed by atoms with Crippen molar-refractivity contribution in [2.45, 2.75) is 6.92 Å². The van der Waals surface area contributed by atoms with Crippen LogP contribution >= 0.6 is 0 Å². The van der Waals surface area contributed by atoms with Gasteiger partial charge in [0.2, 0.25) is 0 Å². The summed E-state index contributed by atoms with van der Waals surface area (Å²) in [4.78, 5) is 11.9. The maximum absolute atomic E-state index is 11.9. The van der Waals surface area contributed by atoms with Crippen LogP contribution in [0.4, 0.5) is 0 Å². The third kappa shape index (κ3) is 2.98. The fourth-order valence-corrected chi connectivity index (χ4v) is 1.88. The van der Waals surface area contributed by atoms with Crippen molar-refractivity contribution in [3.8, 4) is 0 Å². The highest BCUT2D eigenvalue weighted by molar-refractivity contribution is 5.82. The molecule has 0 saturated heterocycles. The minimum absolute atomic E-state index is 0.194. The molecule has 0 radical (unpaired) electrons. The van der Waals surface area contributed by atoms with Crippen LogP contribution in [0.15, 0.2) is 60.2 Å². The average molecular weight is 240 g/mol. The molecule has 2 nitrogen and oxygen atoms in total. The molecule has 0 spiro atoms. The minimum Gasteiger partial charge on any atom is -0.465 e. The largest absolute Gasteiger partial charge is 0.465 e. The first-order valence-corrected chi connectivity index (χ1v) is 6.09. The van der Waals surface area contributed by atoms with E-state index in [-0.39, 0.29) is 11.9 Å². The second-order valence-corrected chi connectivity index (χ2v) is 4.03. The van der Waals surface area contributed by atoms with Gasteiger partial charge in [-0.3, -0.25) is 4.79 Å². The lowest BCUT2D eigenvalue weighted by molar-refractivity contribution is -0.145. The lowest BCUT2D eigenvalue weighted by Gasteiger charge is -2.15. The summed E-state index contributed by atoms with van der Waals surface area (Å²) in [5.41, 5.74) is 2.05. The Balaban J connectivity index is 2.24. The van der Waals surface area contributed by atoms with Crippen molar-refractivity contribution < 1.29 is 9.53 Å². The maximum Gasteiger partial charge on any atom is 0.317 e. The Labute approximate surface area is 107 Å². The number of hydrogen-bond donors (Lipinski definition) is 0. The molecule has 0 bridgehead atoms. The van der Waals surface area contributed by atoms with Crippen LogP contribution in [0.2, 0.25) is 0 Å². The molecule has 0 amide bonds. The molecule has 0 aliphatic heterocycles. The van der Waals surface area contributed by atoms with Crippen LogP contribution < -0.4 is 0 Å². The molecule has 0 fully saturated rings. The lowest BCUT2D eigenvalue weighted by Crippen LogP contribution is -2.18. The summed E-state index contributed by atoms with van der Waals surface area (Å²) in [6, 6.07) is 9.96. The smallest absolute Gasteiger partial charge is 0.317 e. The Morgan fingerprint density at radius 3 is 2.78 bits per heavy atom. The number of hydrogen-bond acceptors (Lipinski definition) is 2. The Morgan fingerprint density at radius 2 is 2.06 bits per heavy atom. The van der Waals surface area contributed by atoms with Crippen molar-refractivity contribution in [2.24, 2.45) is 5.92 Å². The van der Waals surface area contributed by atoms with E-state index < -0.39 is 0 Å². The Kier molecular flexibility index (Phi) is 4.13. The first-order valence-electron chi connectivity index (χ1n) is 6.09. The van der Waals surface area contributed by atoms with Crippen molar-refractivity contribution in [3.63, 3.8) is 0 Å². The van der Waals surface area contributed by atoms with Gasteiger partial charge in [0.05, 0.1) is 6.61 Å². The lowest BCUT2D eigenvalue weighted by atomic mass is 9.93. The van der Waals surface area contributed by atoms with Gasteiger partial charge in [-0.05, 0) is 18.1 Å². The predicted octanol–water partition coefficient (Wildman–Crippen LogP) is 3.38. The normalized spacial score (nSPS) is 20.1. The summed E-state index contributed by atoms with van der Waals surface area (Å²) < 4.78 is 5.08. The van der Waals surface area contributed by atoms with Gasteiger partial charge in [0.1, 0.15) is 5.92 Å². The van der Waals surface area contributed by atoms with E-state index in [1.54, 1.807) is 0 Å². The van der Waals surface area contributed by atoms with Gasteiger partial charge in [-0.25, -0.2) is 0 Å². The van der Waals surface area contributed by atoms with E-state index in [1.807, 2.05) is 67.6 Å². The van der Waals surface area contributed by atoms with Crippen LogP contribution in [0.5, 0.6) is 0 Å². The van der Waals surface area contributed by atoms with Crippen molar-refractivity contribution in [3.05, 3.63) is 65.8 Å². The summed E-state index contributed by atoms with van der Waals surface area (Å²) in [5, 5.41) is 0. The molecule has 2 heteroatoms. The topological polar surface area (TPSA) is 26.3 Å². The van der Waals surface area contributed by atoms with Gasteiger partial charge in [-0.2, -0.15) is 0 Å². The standard InChI is InChI=1S/C16H16O2/c1-2-18-16(17)15-11-7-6-10-14(15)12-13-8-4-3-5-9-13/h3-12,15H,2H2,1H3. The summed E-state index contributed by atoms with van der Waals surface area (Å²) in [6.07, 6.45) is 9.65. The fraction of sp³-hybridized carbons (Fsp3) is 0.188. The second-order valence-electron chi connectivity index (χ2n) is 4.03. The Morgan fingerprint density at radius 1 is 1.28 bits per heavy atom. The number of allylic oxidation sites excluding steroid dienone is 3. The molecule has 1 unspecified atom stereocenters. The van der Waals surface area contributed by atoms with E-state index in [2.05, 4.69) is 0 Å². The van der Waals surface area contributed by atoms with Gasteiger partial charge in [-0.1, -0.05) is 60.7 Å². The number of carbonyl (C=O) groups excluding carboxylic acids is 1. The van der Waals surface area contributed by atoms with E-state index in [0.29, 0.717) is 6.61 Å². The van der Waals surface area contributed by atoms with E-state index in [4.69, 9.17) is 4.74 Å². The summed E-state index contributed by atoms with van der Waals surface area (Å²) in [5.74, 6) is -0.490. The number of carbonyl (C=O) groups is 1. The zero-order valence-electron chi connectivity index (χ0n) is 10.4. The van der Waals surface area contributed by atoms with E-state index >= 15 is 0 Å². The highest BCUT2D eigenvalue weighted by Gasteiger charge is 2.21. The SMILES string of the molecule is CCOC(=O)C1C=CC=CC1=Cc1ccccc1. The third-order valence-electron chi connectivity index (χ3n) is 2.74. The highest BCUT2D eigenvalue weighted by Crippen LogP contribution is 2.23. The first-order chi connectivity index (χ1) is 8.81. The number of ether oxygens (including phenoxy) is 1. The maximum atomic E-state index is 11.9. The van der Waals surface area contributed by atoms with Crippen LogP contribution in [0, 0.1) is 5.92 Å². The van der Waals surface area contributed by atoms with Gasteiger partial charge < -0.3 is 4.74 Å². The molecule has 1 aromatic rings. The summed E-state index contributed by atoms with van der Waals surface area (Å²) >= 11 is 0. The van der Waals surface area contributed by atoms with Gasteiger partial charge in [-0.15, -0.1) is 0 Å². The minimum atomic E-state index is -0.296. The van der Waals surface area contributed by atoms with Crippen LogP contribution in [0.3, 0.4) is 0 Å². The van der Waals surface area contributed by atoms with Crippen LogP contribution in [0.25, 0.3) is 6.08 Å². The quantitative estimate of drug-likeness (QED) is 0.757. The zero-order chi connectivity index (χ0) is 12.8. The molecule has 2 rings (SSSR count). The third-order valence-corrected chi connectivity index (χ3v) is 2.74. The molecule has 0 aromatic heterocycles. The molecule has 18 heavy (non-hydrogen) atoms. The molecule has 1 atom stereocenters. The number of esters is 1. The van der Waals surface area contributed by atoms with Gasteiger partial charge >= 0.3 is 5.97 Å². The molecule has 0 heterocycles. The first kappa shape index (κ1) is 12.4. The Bertz CT molecular complexity index is 495. The van der Waals surface area contributed by atoms with E-state index in [1.165, 1.54) is 0 Å². The molecule has 0 saturated carbocycles. The van der Waals surface area contributed by atoms with Gasteiger partial charge in [0.15, 0.2) is 0 Å². The van der Waals surface area contributed by atoms with Crippen LogP contribution in [0.1, 0.15) is 12.5 Å². The molecule has 1 aliphatic rings. The Hall–Kier alpha value is -2.09. The van der Waals surface area contributed by atoms with E-state index in [9.17, 15) is 4.79 Å². The van der Waals surface area contributed by atoms with Gasteiger partial charge in [0.25, 0.3) is 0 Å². The molecular weight excluding hydrogens is 224 g/mol. The second kappa shape index (κ2) is 6.01. The monoisotopic (exact) mass is 240 g/mol. The van der Waals surface area contributed by atoms with Crippen molar-refractivity contribution >= 4 is 12.0 Å². The number of benzene rings is 1. The van der Waals surface area contributed by atoms with Gasteiger partial charge in [0, 0.05) is 0 Å². The molecule has 1 aromatic carbocycles. The molecular formula is C16H16O2. The van der Waals surface area contributed by atoms with Crippen LogP contribution in [-0.2, 0) is 9.53 Å². The average Bonchev–Trinajstić information content (AvgIpc) is 2.41. The number of rotatable bonds is 3. The summed E-state index contributed by atoms with van der Waals surface area (Å²) in [7, 11) is 0. The highest BCUT2D eigenvalue weighted by atomic mass is 16.5. The van der Waals surface area contributed by atoms with Crippen molar-refractivity contribution in [2.75, 3.05) is 6.61 Å². The molecule has 0 N–H and O–H groups in total.